The fourth-order valence-electron chi connectivity index (χ4n) is 2.57. The highest BCUT2D eigenvalue weighted by atomic mass is 32.2. The minimum Gasteiger partial charge on any atom is -0.374 e. The standard InChI is InChI=1S/C15H25N3O2S/c1-17(2)21(19,20)10-8-16-12-13-6-7-15-14(11-13)5-4-9-18(15)3/h6-7,11,16H,4-5,8-10,12H2,1-3H3. The van der Waals surface area contributed by atoms with Crippen molar-refractivity contribution in [1.29, 1.82) is 0 Å². The molecule has 0 fully saturated rings. The molecule has 5 nitrogen and oxygen atoms in total. The third kappa shape index (κ3) is 4.18. The van der Waals surface area contributed by atoms with Gasteiger partial charge in [0.1, 0.15) is 0 Å². The Balaban J connectivity index is 1.87. The van der Waals surface area contributed by atoms with E-state index in [4.69, 9.17) is 0 Å². The van der Waals surface area contributed by atoms with E-state index in [1.165, 1.54) is 27.5 Å². The van der Waals surface area contributed by atoms with E-state index in [-0.39, 0.29) is 5.75 Å². The SMILES string of the molecule is CN1CCCc2cc(CNCCS(=O)(=O)N(C)C)ccc21. The highest BCUT2D eigenvalue weighted by molar-refractivity contribution is 7.89. The molecule has 0 saturated heterocycles. The van der Waals surface area contributed by atoms with Crippen LogP contribution in [0.15, 0.2) is 18.2 Å². The van der Waals surface area contributed by atoms with Crippen LogP contribution in [0.1, 0.15) is 17.5 Å². The lowest BCUT2D eigenvalue weighted by Gasteiger charge is -2.27. The summed E-state index contributed by atoms with van der Waals surface area (Å²) in [5, 5.41) is 3.21. The van der Waals surface area contributed by atoms with Gasteiger partial charge >= 0.3 is 0 Å². The number of hydrogen-bond acceptors (Lipinski definition) is 4. The van der Waals surface area contributed by atoms with Crippen molar-refractivity contribution in [3.63, 3.8) is 0 Å². The summed E-state index contributed by atoms with van der Waals surface area (Å²) in [5.74, 6) is 0.133. The second-order valence-corrected chi connectivity index (χ2v) is 8.07. The van der Waals surface area contributed by atoms with E-state index in [2.05, 4.69) is 35.5 Å². The molecule has 1 aliphatic rings. The van der Waals surface area contributed by atoms with E-state index in [0.29, 0.717) is 13.1 Å². The van der Waals surface area contributed by atoms with Crippen LogP contribution in [-0.4, -0.2) is 52.7 Å². The number of sulfonamides is 1. The van der Waals surface area contributed by atoms with E-state index in [0.717, 1.165) is 13.0 Å². The summed E-state index contributed by atoms with van der Waals surface area (Å²) in [6, 6.07) is 6.52. The molecule has 118 valence electrons. The van der Waals surface area contributed by atoms with E-state index in [9.17, 15) is 8.42 Å². The first-order chi connectivity index (χ1) is 9.90. The highest BCUT2D eigenvalue weighted by Gasteiger charge is 2.14. The Morgan fingerprint density at radius 3 is 2.81 bits per heavy atom. The van der Waals surface area contributed by atoms with Crippen molar-refractivity contribution in [3.8, 4) is 0 Å². The Labute approximate surface area is 128 Å². The number of nitrogens with zero attached hydrogens (tertiary/aromatic N) is 2. The van der Waals surface area contributed by atoms with Crippen LogP contribution in [0.4, 0.5) is 5.69 Å². The quantitative estimate of drug-likeness (QED) is 0.798. The molecule has 0 aliphatic carbocycles. The minimum absolute atomic E-state index is 0.133. The van der Waals surface area contributed by atoms with Crippen molar-refractivity contribution in [2.75, 3.05) is 44.9 Å². The normalized spacial score (nSPS) is 15.3. The maximum absolute atomic E-state index is 11.6. The molecule has 0 spiro atoms. The van der Waals surface area contributed by atoms with E-state index < -0.39 is 10.0 Å². The Bertz CT molecular complexity index is 585. The van der Waals surface area contributed by atoms with Crippen LogP contribution in [-0.2, 0) is 23.0 Å². The molecule has 2 rings (SSSR count). The number of benzene rings is 1. The summed E-state index contributed by atoms with van der Waals surface area (Å²) in [5.41, 5.74) is 3.93. The van der Waals surface area contributed by atoms with Crippen molar-refractivity contribution >= 4 is 15.7 Å². The molecule has 21 heavy (non-hydrogen) atoms. The zero-order chi connectivity index (χ0) is 15.5. The van der Waals surface area contributed by atoms with Crippen LogP contribution < -0.4 is 10.2 Å². The number of fused-ring (bicyclic) bond motifs is 1. The molecule has 0 saturated carbocycles. The van der Waals surface area contributed by atoms with Gasteiger partial charge in [-0.2, -0.15) is 0 Å². The van der Waals surface area contributed by atoms with Crippen molar-refractivity contribution in [1.82, 2.24) is 9.62 Å². The number of nitrogens with one attached hydrogen (secondary N) is 1. The van der Waals surface area contributed by atoms with Gasteiger partial charge in [0.15, 0.2) is 0 Å². The topological polar surface area (TPSA) is 52.7 Å². The van der Waals surface area contributed by atoms with Gasteiger partial charge in [0.05, 0.1) is 5.75 Å². The van der Waals surface area contributed by atoms with Crippen molar-refractivity contribution in [3.05, 3.63) is 29.3 Å². The molecule has 1 aromatic rings. The lowest BCUT2D eigenvalue weighted by Crippen LogP contribution is -2.31. The zero-order valence-electron chi connectivity index (χ0n) is 13.1. The molecule has 0 unspecified atom stereocenters. The number of anilines is 1. The minimum atomic E-state index is -3.11. The van der Waals surface area contributed by atoms with Gasteiger partial charge in [-0.15, -0.1) is 0 Å². The summed E-state index contributed by atoms with van der Waals surface area (Å²) in [6.45, 7) is 2.30. The molecule has 1 N–H and O–H groups in total. The lowest BCUT2D eigenvalue weighted by atomic mass is 9.99. The molecule has 0 radical (unpaired) electrons. The zero-order valence-corrected chi connectivity index (χ0v) is 13.9. The van der Waals surface area contributed by atoms with Crippen LogP contribution in [0.25, 0.3) is 0 Å². The maximum atomic E-state index is 11.6. The Kier molecular flexibility index (Phi) is 5.24. The highest BCUT2D eigenvalue weighted by Crippen LogP contribution is 2.26. The van der Waals surface area contributed by atoms with Crippen LogP contribution in [0.3, 0.4) is 0 Å². The summed E-state index contributed by atoms with van der Waals surface area (Å²) in [4.78, 5) is 2.29. The summed E-state index contributed by atoms with van der Waals surface area (Å²) in [6.07, 6.45) is 2.32. The van der Waals surface area contributed by atoms with Gasteiger partial charge < -0.3 is 10.2 Å². The number of aryl methyl sites for hydroxylation is 1. The smallest absolute Gasteiger partial charge is 0.214 e. The first-order valence-electron chi connectivity index (χ1n) is 7.34. The van der Waals surface area contributed by atoms with Gasteiger partial charge in [-0.25, -0.2) is 12.7 Å². The Morgan fingerprint density at radius 1 is 1.33 bits per heavy atom. The molecule has 0 atom stereocenters. The molecule has 6 heteroatoms. The molecule has 0 amide bonds. The van der Waals surface area contributed by atoms with Crippen LogP contribution in [0.2, 0.25) is 0 Å². The average Bonchev–Trinajstić information content (AvgIpc) is 2.43. The van der Waals surface area contributed by atoms with Gasteiger partial charge in [-0.3, -0.25) is 0 Å². The van der Waals surface area contributed by atoms with Crippen LogP contribution >= 0.6 is 0 Å². The maximum Gasteiger partial charge on any atom is 0.214 e. The molecule has 0 bridgehead atoms. The predicted molar refractivity (Wildman–Crippen MR) is 87.2 cm³/mol. The second-order valence-electron chi connectivity index (χ2n) is 5.76. The predicted octanol–water partition coefficient (Wildman–Crippen LogP) is 1.05. The van der Waals surface area contributed by atoms with Crippen molar-refractivity contribution in [2.24, 2.45) is 0 Å². The largest absolute Gasteiger partial charge is 0.374 e. The summed E-state index contributed by atoms with van der Waals surface area (Å²) in [7, 11) is 2.15. The van der Waals surface area contributed by atoms with Gasteiger partial charge in [0, 0.05) is 46.5 Å². The average molecular weight is 311 g/mol. The van der Waals surface area contributed by atoms with E-state index >= 15 is 0 Å². The summed E-state index contributed by atoms with van der Waals surface area (Å²) >= 11 is 0. The third-order valence-corrected chi connectivity index (χ3v) is 5.75. The van der Waals surface area contributed by atoms with E-state index in [1.807, 2.05) is 0 Å². The Morgan fingerprint density at radius 2 is 2.10 bits per heavy atom. The first kappa shape index (κ1) is 16.3. The van der Waals surface area contributed by atoms with Crippen LogP contribution in [0.5, 0.6) is 0 Å². The van der Waals surface area contributed by atoms with Crippen molar-refractivity contribution < 1.29 is 8.42 Å². The summed E-state index contributed by atoms with van der Waals surface area (Å²) < 4.78 is 24.6. The molecule has 0 aromatic heterocycles. The third-order valence-electron chi connectivity index (χ3n) is 3.92. The van der Waals surface area contributed by atoms with Gasteiger partial charge in [0.25, 0.3) is 0 Å². The molecule has 1 aromatic carbocycles. The van der Waals surface area contributed by atoms with Crippen LogP contribution in [0, 0.1) is 0 Å². The molecule has 1 heterocycles. The Hall–Kier alpha value is -1.11. The number of rotatable bonds is 6. The second kappa shape index (κ2) is 6.77. The molecule has 1 aliphatic heterocycles. The van der Waals surface area contributed by atoms with Gasteiger partial charge in [-0.05, 0) is 30.0 Å². The fraction of sp³-hybridized carbons (Fsp3) is 0.600. The first-order valence-corrected chi connectivity index (χ1v) is 8.95. The lowest BCUT2D eigenvalue weighted by molar-refractivity contribution is 0.517. The monoisotopic (exact) mass is 311 g/mol. The van der Waals surface area contributed by atoms with Gasteiger partial charge in [0.2, 0.25) is 10.0 Å². The fourth-order valence-corrected chi connectivity index (χ4v) is 3.33. The number of hydrogen-bond donors (Lipinski definition) is 1. The molecular formula is C15H25N3O2S. The van der Waals surface area contributed by atoms with Crippen molar-refractivity contribution in [2.45, 2.75) is 19.4 Å². The van der Waals surface area contributed by atoms with Gasteiger partial charge in [-0.1, -0.05) is 12.1 Å². The van der Waals surface area contributed by atoms with E-state index in [1.54, 1.807) is 14.1 Å². The molecular weight excluding hydrogens is 286 g/mol.